The van der Waals surface area contributed by atoms with E-state index in [1.807, 2.05) is 37.3 Å². The van der Waals surface area contributed by atoms with Gasteiger partial charge in [-0.3, -0.25) is 4.79 Å². The molecular formula is C17H18O4. The Bertz CT molecular complexity index is 622. The number of ether oxygens (including phenoxy) is 2. The molecule has 0 heterocycles. The lowest BCUT2D eigenvalue weighted by molar-refractivity contribution is -0.139. The molecule has 110 valence electrons. The Kier molecular flexibility index (Phi) is 4.82. The van der Waals surface area contributed by atoms with E-state index in [0.717, 1.165) is 5.56 Å². The molecule has 1 N–H and O–H groups in total. The Labute approximate surface area is 123 Å². The first-order valence-corrected chi connectivity index (χ1v) is 6.67. The number of aliphatic carboxylic acids is 1. The summed E-state index contributed by atoms with van der Waals surface area (Å²) < 4.78 is 10.9. The summed E-state index contributed by atoms with van der Waals surface area (Å²) in [5.41, 5.74) is 1.68. The van der Waals surface area contributed by atoms with Crippen LogP contribution in [0.5, 0.6) is 11.5 Å². The highest BCUT2D eigenvalue weighted by atomic mass is 16.5. The predicted molar refractivity (Wildman–Crippen MR) is 80.0 cm³/mol. The molecule has 0 bridgehead atoms. The van der Waals surface area contributed by atoms with Crippen LogP contribution in [-0.2, 0) is 4.79 Å². The summed E-state index contributed by atoms with van der Waals surface area (Å²) in [5, 5.41) is 9.44. The molecule has 4 heteroatoms. The Hall–Kier alpha value is -2.49. The summed E-state index contributed by atoms with van der Waals surface area (Å²) in [6.07, 6.45) is 0. The Morgan fingerprint density at radius 2 is 1.95 bits per heavy atom. The lowest BCUT2D eigenvalue weighted by Gasteiger charge is -2.17. The number of para-hydroxylation sites is 1. The number of carbonyl (C=O) groups is 1. The lowest BCUT2D eigenvalue weighted by atomic mass is 9.99. The van der Waals surface area contributed by atoms with Crippen LogP contribution in [0.1, 0.15) is 17.0 Å². The number of benzene rings is 2. The fourth-order valence-electron chi connectivity index (χ4n) is 2.13. The molecule has 1 unspecified atom stereocenters. The van der Waals surface area contributed by atoms with Crippen LogP contribution in [0, 0.1) is 6.92 Å². The molecule has 0 amide bonds. The van der Waals surface area contributed by atoms with E-state index in [2.05, 4.69) is 0 Å². The molecule has 4 nitrogen and oxygen atoms in total. The van der Waals surface area contributed by atoms with Crippen molar-refractivity contribution in [3.8, 4) is 11.5 Å². The number of hydrogen-bond acceptors (Lipinski definition) is 3. The van der Waals surface area contributed by atoms with Gasteiger partial charge in [-0.2, -0.15) is 0 Å². The summed E-state index contributed by atoms with van der Waals surface area (Å²) in [7, 11) is 1.53. The molecular weight excluding hydrogens is 268 g/mol. The maximum absolute atomic E-state index is 11.5. The first-order valence-electron chi connectivity index (χ1n) is 6.67. The third kappa shape index (κ3) is 3.75. The van der Waals surface area contributed by atoms with Crippen molar-refractivity contribution in [3.63, 3.8) is 0 Å². The number of carboxylic acid groups (broad SMARTS) is 1. The highest BCUT2D eigenvalue weighted by Crippen LogP contribution is 2.27. The summed E-state index contributed by atoms with van der Waals surface area (Å²) >= 11 is 0. The maximum Gasteiger partial charge on any atom is 0.314 e. The molecule has 0 spiro atoms. The van der Waals surface area contributed by atoms with Crippen molar-refractivity contribution < 1.29 is 19.4 Å². The molecule has 2 rings (SSSR count). The van der Waals surface area contributed by atoms with Gasteiger partial charge in [-0.15, -0.1) is 0 Å². The van der Waals surface area contributed by atoms with Crippen molar-refractivity contribution in [2.45, 2.75) is 12.8 Å². The van der Waals surface area contributed by atoms with E-state index in [4.69, 9.17) is 9.47 Å². The summed E-state index contributed by atoms with van der Waals surface area (Å²) in [5.74, 6) is -0.497. The van der Waals surface area contributed by atoms with Crippen molar-refractivity contribution in [1.82, 2.24) is 0 Å². The van der Waals surface area contributed by atoms with Gasteiger partial charge < -0.3 is 14.6 Å². The van der Waals surface area contributed by atoms with Crippen LogP contribution in [-0.4, -0.2) is 24.8 Å². The van der Waals surface area contributed by atoms with Gasteiger partial charge >= 0.3 is 5.97 Å². The summed E-state index contributed by atoms with van der Waals surface area (Å²) in [6, 6.07) is 14.6. The topological polar surface area (TPSA) is 55.8 Å². The molecule has 0 fully saturated rings. The largest absolute Gasteiger partial charge is 0.496 e. The molecule has 0 aliphatic rings. The van der Waals surface area contributed by atoms with E-state index in [1.54, 1.807) is 18.2 Å². The molecule has 2 aromatic carbocycles. The van der Waals surface area contributed by atoms with Gasteiger partial charge in [-0.05, 0) is 30.7 Å². The molecule has 2 aromatic rings. The number of carboxylic acids is 1. The average molecular weight is 286 g/mol. The standard InChI is InChI=1S/C17H18O4/c1-12-6-5-7-13(10-12)21-11-15(17(18)19)14-8-3-4-9-16(14)20-2/h3-10,15H,11H2,1-2H3,(H,18,19). The minimum Gasteiger partial charge on any atom is -0.496 e. The number of aryl methyl sites for hydroxylation is 1. The van der Waals surface area contributed by atoms with E-state index >= 15 is 0 Å². The molecule has 21 heavy (non-hydrogen) atoms. The second-order valence-corrected chi connectivity index (χ2v) is 4.76. The molecule has 0 aliphatic carbocycles. The average Bonchev–Trinajstić information content (AvgIpc) is 2.47. The van der Waals surface area contributed by atoms with Crippen LogP contribution < -0.4 is 9.47 Å². The smallest absolute Gasteiger partial charge is 0.314 e. The van der Waals surface area contributed by atoms with Crippen LogP contribution in [0.25, 0.3) is 0 Å². The van der Waals surface area contributed by atoms with Crippen LogP contribution in [0.2, 0.25) is 0 Å². The van der Waals surface area contributed by atoms with Gasteiger partial charge in [0.05, 0.1) is 7.11 Å². The van der Waals surface area contributed by atoms with E-state index in [-0.39, 0.29) is 6.61 Å². The number of methoxy groups -OCH3 is 1. The van der Waals surface area contributed by atoms with Crippen LogP contribution in [0.3, 0.4) is 0 Å². The van der Waals surface area contributed by atoms with E-state index in [0.29, 0.717) is 17.1 Å². The van der Waals surface area contributed by atoms with Crippen LogP contribution in [0.4, 0.5) is 0 Å². The molecule has 0 aliphatic heterocycles. The Morgan fingerprint density at radius 3 is 2.62 bits per heavy atom. The zero-order valence-electron chi connectivity index (χ0n) is 12.1. The summed E-state index contributed by atoms with van der Waals surface area (Å²) in [6.45, 7) is 2.01. The quantitative estimate of drug-likeness (QED) is 0.885. The SMILES string of the molecule is COc1ccccc1C(COc1cccc(C)c1)C(=O)O. The normalized spacial score (nSPS) is 11.7. The van der Waals surface area contributed by atoms with Crippen molar-refractivity contribution in [2.75, 3.05) is 13.7 Å². The zero-order chi connectivity index (χ0) is 15.2. The number of rotatable bonds is 6. The first-order chi connectivity index (χ1) is 10.1. The van der Waals surface area contributed by atoms with E-state index < -0.39 is 11.9 Å². The van der Waals surface area contributed by atoms with E-state index in [1.165, 1.54) is 7.11 Å². The van der Waals surface area contributed by atoms with Crippen molar-refractivity contribution in [2.24, 2.45) is 0 Å². The van der Waals surface area contributed by atoms with Gasteiger partial charge in [-0.1, -0.05) is 30.3 Å². The maximum atomic E-state index is 11.5. The van der Waals surface area contributed by atoms with Gasteiger partial charge in [-0.25, -0.2) is 0 Å². The van der Waals surface area contributed by atoms with Gasteiger partial charge in [0.25, 0.3) is 0 Å². The van der Waals surface area contributed by atoms with Gasteiger partial charge in [0, 0.05) is 5.56 Å². The van der Waals surface area contributed by atoms with Crippen molar-refractivity contribution in [1.29, 1.82) is 0 Å². The van der Waals surface area contributed by atoms with Gasteiger partial charge in [0.1, 0.15) is 24.0 Å². The fraction of sp³-hybridized carbons (Fsp3) is 0.235. The van der Waals surface area contributed by atoms with E-state index in [9.17, 15) is 9.90 Å². The third-order valence-electron chi connectivity index (χ3n) is 3.22. The van der Waals surface area contributed by atoms with Crippen molar-refractivity contribution >= 4 is 5.97 Å². The Balaban J connectivity index is 2.18. The minimum atomic E-state index is -0.938. The third-order valence-corrected chi connectivity index (χ3v) is 3.22. The Morgan fingerprint density at radius 1 is 1.19 bits per heavy atom. The second-order valence-electron chi connectivity index (χ2n) is 4.76. The van der Waals surface area contributed by atoms with Gasteiger partial charge in [0.2, 0.25) is 0 Å². The highest BCUT2D eigenvalue weighted by molar-refractivity contribution is 5.77. The molecule has 0 radical (unpaired) electrons. The van der Waals surface area contributed by atoms with Crippen LogP contribution >= 0.6 is 0 Å². The highest BCUT2D eigenvalue weighted by Gasteiger charge is 2.24. The molecule has 0 saturated carbocycles. The molecule has 1 atom stereocenters. The van der Waals surface area contributed by atoms with Crippen LogP contribution in [0.15, 0.2) is 48.5 Å². The zero-order valence-corrected chi connectivity index (χ0v) is 12.1. The fourth-order valence-corrected chi connectivity index (χ4v) is 2.13. The number of hydrogen-bond donors (Lipinski definition) is 1. The lowest BCUT2D eigenvalue weighted by Crippen LogP contribution is -2.20. The minimum absolute atomic E-state index is 0.0547. The van der Waals surface area contributed by atoms with Crippen molar-refractivity contribution in [3.05, 3.63) is 59.7 Å². The molecule has 0 aromatic heterocycles. The molecule has 0 saturated heterocycles. The first kappa shape index (κ1) is 14.9. The summed E-state index contributed by atoms with van der Waals surface area (Å²) in [4.78, 5) is 11.5. The monoisotopic (exact) mass is 286 g/mol. The second kappa shape index (κ2) is 6.79. The predicted octanol–water partition coefficient (Wildman–Crippen LogP) is 3.25. The van der Waals surface area contributed by atoms with Gasteiger partial charge in [0.15, 0.2) is 0 Å².